The molecule has 0 fully saturated rings. The summed E-state index contributed by atoms with van der Waals surface area (Å²) >= 11 is 0. The lowest BCUT2D eigenvalue weighted by molar-refractivity contribution is 0.0984. The average Bonchev–Trinajstić information content (AvgIpc) is 2.49. The van der Waals surface area contributed by atoms with Crippen LogP contribution < -0.4 is 4.90 Å². The van der Waals surface area contributed by atoms with Gasteiger partial charge in [0.25, 0.3) is 5.91 Å². The lowest BCUT2D eigenvalue weighted by Gasteiger charge is -2.21. The van der Waals surface area contributed by atoms with Crippen LogP contribution >= 0.6 is 0 Å². The minimum atomic E-state index is -0.649. The van der Waals surface area contributed by atoms with Crippen molar-refractivity contribution in [1.29, 1.82) is 5.26 Å². The molecule has 20 heavy (non-hydrogen) atoms. The van der Waals surface area contributed by atoms with Gasteiger partial charge >= 0.3 is 0 Å². The van der Waals surface area contributed by atoms with Crippen LogP contribution in [0, 0.1) is 17.1 Å². The Hall–Kier alpha value is -2.74. The highest BCUT2D eigenvalue weighted by Crippen LogP contribution is 2.18. The lowest BCUT2D eigenvalue weighted by atomic mass is 10.1. The van der Waals surface area contributed by atoms with Crippen molar-refractivity contribution in [1.82, 2.24) is 4.98 Å². The van der Waals surface area contributed by atoms with E-state index < -0.39 is 11.7 Å². The molecule has 1 aromatic heterocycles. The monoisotopic (exact) mass is 269 g/mol. The van der Waals surface area contributed by atoms with Gasteiger partial charge in [-0.3, -0.25) is 9.78 Å². The normalized spacial score (nSPS) is 9.85. The number of hydrogen-bond acceptors (Lipinski definition) is 3. The van der Waals surface area contributed by atoms with E-state index in [4.69, 9.17) is 5.26 Å². The number of halogens is 1. The van der Waals surface area contributed by atoms with Crippen LogP contribution in [-0.4, -0.2) is 17.4 Å². The molecule has 0 N–H and O–H groups in total. The fourth-order valence-corrected chi connectivity index (χ4v) is 1.85. The zero-order valence-corrected chi connectivity index (χ0v) is 10.9. The van der Waals surface area contributed by atoms with Gasteiger partial charge in [0, 0.05) is 18.4 Å². The molecule has 0 radical (unpaired) electrons. The van der Waals surface area contributed by atoms with E-state index in [0.29, 0.717) is 17.8 Å². The predicted octanol–water partition coefficient (Wildman–Crippen LogP) is 2.76. The number of pyridine rings is 1. The van der Waals surface area contributed by atoms with E-state index in [9.17, 15) is 9.18 Å². The van der Waals surface area contributed by atoms with E-state index in [-0.39, 0.29) is 5.56 Å². The first-order valence-corrected chi connectivity index (χ1v) is 6.09. The van der Waals surface area contributed by atoms with E-state index in [1.165, 1.54) is 17.2 Å². The third-order valence-electron chi connectivity index (χ3n) is 2.87. The molecule has 0 atom stereocenters. The SMILES string of the molecule is CCN(C(=O)c1ccncc1F)c1ccc(C#N)cc1. The molecule has 100 valence electrons. The van der Waals surface area contributed by atoms with Crippen LogP contribution in [0.4, 0.5) is 10.1 Å². The van der Waals surface area contributed by atoms with Gasteiger partial charge in [0.1, 0.15) is 0 Å². The number of rotatable bonds is 3. The van der Waals surface area contributed by atoms with Gasteiger partial charge in [-0.05, 0) is 37.3 Å². The second kappa shape index (κ2) is 5.93. The van der Waals surface area contributed by atoms with Crippen molar-refractivity contribution < 1.29 is 9.18 Å². The highest BCUT2D eigenvalue weighted by atomic mass is 19.1. The molecule has 0 bridgehead atoms. The van der Waals surface area contributed by atoms with Crippen LogP contribution in [0.15, 0.2) is 42.7 Å². The van der Waals surface area contributed by atoms with E-state index in [2.05, 4.69) is 4.98 Å². The summed E-state index contributed by atoms with van der Waals surface area (Å²) < 4.78 is 13.6. The average molecular weight is 269 g/mol. The number of carbonyl (C=O) groups excluding carboxylic acids is 1. The maximum atomic E-state index is 13.6. The maximum absolute atomic E-state index is 13.6. The quantitative estimate of drug-likeness (QED) is 0.860. The number of carbonyl (C=O) groups is 1. The molecule has 0 saturated heterocycles. The Morgan fingerprint density at radius 3 is 2.60 bits per heavy atom. The number of nitriles is 1. The van der Waals surface area contributed by atoms with Crippen LogP contribution in [0.3, 0.4) is 0 Å². The van der Waals surface area contributed by atoms with Crippen LogP contribution in [0.2, 0.25) is 0 Å². The van der Waals surface area contributed by atoms with Gasteiger partial charge in [0.2, 0.25) is 0 Å². The van der Waals surface area contributed by atoms with Crippen molar-refractivity contribution >= 4 is 11.6 Å². The largest absolute Gasteiger partial charge is 0.309 e. The Labute approximate surface area is 116 Å². The summed E-state index contributed by atoms with van der Waals surface area (Å²) in [6, 6.07) is 9.93. The molecule has 2 aromatic rings. The molecule has 0 saturated carbocycles. The van der Waals surface area contributed by atoms with Gasteiger partial charge < -0.3 is 4.90 Å². The minimum absolute atomic E-state index is 0.0220. The third-order valence-corrected chi connectivity index (χ3v) is 2.87. The van der Waals surface area contributed by atoms with Crippen molar-refractivity contribution in [2.45, 2.75) is 6.92 Å². The van der Waals surface area contributed by atoms with Crippen molar-refractivity contribution in [2.75, 3.05) is 11.4 Å². The van der Waals surface area contributed by atoms with Gasteiger partial charge in [0.15, 0.2) is 5.82 Å². The van der Waals surface area contributed by atoms with Gasteiger partial charge in [0.05, 0.1) is 23.4 Å². The second-order valence-corrected chi connectivity index (χ2v) is 4.06. The molecule has 0 unspecified atom stereocenters. The first-order chi connectivity index (χ1) is 9.67. The molecule has 1 amide bonds. The zero-order valence-electron chi connectivity index (χ0n) is 10.9. The zero-order chi connectivity index (χ0) is 14.5. The number of anilines is 1. The van der Waals surface area contributed by atoms with Crippen molar-refractivity contribution in [3.05, 3.63) is 59.7 Å². The fourth-order valence-electron chi connectivity index (χ4n) is 1.85. The minimum Gasteiger partial charge on any atom is -0.309 e. The van der Waals surface area contributed by atoms with Crippen LogP contribution in [-0.2, 0) is 0 Å². The summed E-state index contributed by atoms with van der Waals surface area (Å²) in [5, 5.41) is 8.76. The highest BCUT2D eigenvalue weighted by Gasteiger charge is 2.19. The fraction of sp³-hybridized carbons (Fsp3) is 0.133. The molecule has 0 aliphatic carbocycles. The van der Waals surface area contributed by atoms with Crippen molar-refractivity contribution in [3.63, 3.8) is 0 Å². The molecule has 4 nitrogen and oxygen atoms in total. The van der Waals surface area contributed by atoms with Crippen LogP contribution in [0.5, 0.6) is 0 Å². The van der Waals surface area contributed by atoms with Gasteiger partial charge in [-0.25, -0.2) is 4.39 Å². The van der Waals surface area contributed by atoms with Crippen LogP contribution in [0.25, 0.3) is 0 Å². The molecule has 2 rings (SSSR count). The Bertz CT molecular complexity index is 662. The second-order valence-electron chi connectivity index (χ2n) is 4.06. The Morgan fingerprint density at radius 1 is 1.35 bits per heavy atom. The summed E-state index contributed by atoms with van der Waals surface area (Å²) in [6.07, 6.45) is 2.39. The molecule has 5 heteroatoms. The van der Waals surface area contributed by atoms with E-state index in [1.54, 1.807) is 31.2 Å². The molecule has 0 aliphatic rings. The number of nitrogens with zero attached hydrogens (tertiary/aromatic N) is 3. The first-order valence-electron chi connectivity index (χ1n) is 6.09. The summed E-state index contributed by atoms with van der Waals surface area (Å²) in [4.78, 5) is 17.4. The standard InChI is InChI=1S/C15H12FN3O/c1-2-19(12-5-3-11(9-17)4-6-12)15(20)13-7-8-18-10-14(13)16/h3-8,10H,2H2,1H3. The predicted molar refractivity (Wildman–Crippen MR) is 72.7 cm³/mol. The first kappa shape index (κ1) is 13.7. The Kier molecular flexibility index (Phi) is 4.06. The maximum Gasteiger partial charge on any atom is 0.261 e. The highest BCUT2D eigenvalue weighted by molar-refractivity contribution is 6.06. The van der Waals surface area contributed by atoms with E-state index in [0.717, 1.165) is 6.20 Å². The van der Waals surface area contributed by atoms with Gasteiger partial charge in [-0.15, -0.1) is 0 Å². The molecular weight excluding hydrogens is 257 g/mol. The topological polar surface area (TPSA) is 57.0 Å². The smallest absolute Gasteiger partial charge is 0.261 e. The molecule has 1 aromatic carbocycles. The van der Waals surface area contributed by atoms with Crippen molar-refractivity contribution in [3.8, 4) is 6.07 Å². The third kappa shape index (κ3) is 2.64. The van der Waals surface area contributed by atoms with Crippen molar-refractivity contribution in [2.24, 2.45) is 0 Å². The molecular formula is C15H12FN3O. The summed E-state index contributed by atoms with van der Waals surface area (Å²) in [5.74, 6) is -1.08. The van der Waals surface area contributed by atoms with E-state index >= 15 is 0 Å². The number of benzene rings is 1. The lowest BCUT2D eigenvalue weighted by Crippen LogP contribution is -2.31. The number of hydrogen-bond donors (Lipinski definition) is 0. The number of aromatic nitrogens is 1. The molecule has 0 spiro atoms. The Balaban J connectivity index is 2.35. The summed E-state index contributed by atoms with van der Waals surface area (Å²) in [5.41, 5.74) is 1.10. The Morgan fingerprint density at radius 2 is 2.05 bits per heavy atom. The van der Waals surface area contributed by atoms with Gasteiger partial charge in [-0.2, -0.15) is 5.26 Å². The molecule has 1 heterocycles. The van der Waals surface area contributed by atoms with Gasteiger partial charge in [-0.1, -0.05) is 0 Å². The summed E-state index contributed by atoms with van der Waals surface area (Å²) in [6.45, 7) is 2.20. The number of amides is 1. The summed E-state index contributed by atoms with van der Waals surface area (Å²) in [7, 11) is 0. The van der Waals surface area contributed by atoms with E-state index in [1.807, 2.05) is 6.07 Å². The van der Waals surface area contributed by atoms with Crippen LogP contribution in [0.1, 0.15) is 22.8 Å². The molecule has 0 aliphatic heterocycles.